The molecule has 0 bridgehead atoms. The van der Waals surface area contributed by atoms with Crippen LogP contribution in [0.3, 0.4) is 0 Å². The Morgan fingerprint density at radius 1 is 1.21 bits per heavy atom. The minimum Gasteiger partial charge on any atom is -0.504 e. The molecule has 1 unspecified atom stereocenters. The van der Waals surface area contributed by atoms with E-state index in [1.807, 2.05) is 0 Å². The molecule has 0 aliphatic heterocycles. The molecule has 1 aromatic rings. The second kappa shape index (κ2) is 4.17. The number of benzene rings is 1. The lowest BCUT2D eigenvalue weighted by atomic mass is 10.2. The van der Waals surface area contributed by atoms with E-state index in [1.54, 1.807) is 6.92 Å². The predicted molar refractivity (Wildman–Crippen MR) is 48.0 cm³/mol. The highest BCUT2D eigenvalue weighted by molar-refractivity contribution is 5.51. The normalized spacial score (nSPS) is 12.7. The lowest BCUT2D eigenvalue weighted by Gasteiger charge is -2.12. The number of phenolic OH excluding ortho intramolecular Hbond substituents is 3. The molecule has 0 radical (unpaired) electrons. The minimum atomic E-state index is -1.22. The van der Waals surface area contributed by atoms with E-state index in [0.717, 1.165) is 12.1 Å². The molecular formula is C9H12O5. The highest BCUT2D eigenvalue weighted by Crippen LogP contribution is 2.37. The van der Waals surface area contributed by atoms with Crippen molar-refractivity contribution in [3.05, 3.63) is 17.7 Å². The van der Waals surface area contributed by atoms with E-state index in [1.165, 1.54) is 0 Å². The second-order valence-corrected chi connectivity index (χ2v) is 2.72. The number of hydrogen-bond donors (Lipinski definition) is 4. The Bertz CT molecular complexity index is 300. The maximum absolute atomic E-state index is 9.33. The van der Waals surface area contributed by atoms with E-state index in [2.05, 4.69) is 0 Å². The van der Waals surface area contributed by atoms with E-state index in [-0.39, 0.29) is 5.56 Å². The van der Waals surface area contributed by atoms with Crippen molar-refractivity contribution < 1.29 is 25.2 Å². The average molecular weight is 200 g/mol. The van der Waals surface area contributed by atoms with Crippen LogP contribution in [0, 0.1) is 0 Å². The molecule has 0 spiro atoms. The second-order valence-electron chi connectivity index (χ2n) is 2.72. The molecule has 0 saturated heterocycles. The van der Waals surface area contributed by atoms with Crippen molar-refractivity contribution in [3.63, 3.8) is 0 Å². The Labute approximate surface area is 80.8 Å². The van der Waals surface area contributed by atoms with E-state index in [0.29, 0.717) is 6.61 Å². The van der Waals surface area contributed by atoms with Crippen molar-refractivity contribution in [2.75, 3.05) is 6.61 Å². The van der Waals surface area contributed by atoms with Gasteiger partial charge in [-0.05, 0) is 19.1 Å². The molecule has 1 aromatic carbocycles. The van der Waals surface area contributed by atoms with Crippen LogP contribution in [-0.2, 0) is 4.74 Å². The fraction of sp³-hybridized carbons (Fsp3) is 0.333. The molecular weight excluding hydrogens is 188 g/mol. The summed E-state index contributed by atoms with van der Waals surface area (Å²) in [6.45, 7) is 1.99. The van der Waals surface area contributed by atoms with E-state index < -0.39 is 23.5 Å². The van der Waals surface area contributed by atoms with Crippen LogP contribution in [0.25, 0.3) is 0 Å². The fourth-order valence-electron chi connectivity index (χ4n) is 1.02. The molecule has 0 aromatic heterocycles. The van der Waals surface area contributed by atoms with Crippen LogP contribution in [0.1, 0.15) is 18.8 Å². The summed E-state index contributed by atoms with van der Waals surface area (Å²) in [6.07, 6.45) is -1.22. The molecule has 0 fully saturated rings. The van der Waals surface area contributed by atoms with Gasteiger partial charge >= 0.3 is 0 Å². The first-order chi connectivity index (χ1) is 6.56. The summed E-state index contributed by atoms with van der Waals surface area (Å²) in [5.74, 6) is -1.62. The average Bonchev–Trinajstić information content (AvgIpc) is 2.13. The van der Waals surface area contributed by atoms with Gasteiger partial charge in [0.05, 0.1) is 0 Å². The maximum atomic E-state index is 9.33. The molecule has 0 heterocycles. The Morgan fingerprint density at radius 3 is 2.14 bits per heavy atom. The highest BCUT2D eigenvalue weighted by Gasteiger charge is 2.13. The maximum Gasteiger partial charge on any atom is 0.200 e. The molecule has 0 saturated carbocycles. The van der Waals surface area contributed by atoms with Gasteiger partial charge in [-0.1, -0.05) is 0 Å². The molecule has 4 N–H and O–H groups in total. The number of aliphatic hydroxyl groups is 1. The van der Waals surface area contributed by atoms with Gasteiger partial charge < -0.3 is 25.2 Å². The van der Waals surface area contributed by atoms with Gasteiger partial charge in [0.2, 0.25) is 0 Å². The third-order valence-corrected chi connectivity index (χ3v) is 1.70. The Morgan fingerprint density at radius 2 is 1.71 bits per heavy atom. The number of phenols is 3. The van der Waals surface area contributed by atoms with Crippen LogP contribution in [0.2, 0.25) is 0 Å². The van der Waals surface area contributed by atoms with Crippen molar-refractivity contribution in [1.29, 1.82) is 0 Å². The zero-order valence-electron chi connectivity index (χ0n) is 7.64. The van der Waals surface area contributed by atoms with Crippen molar-refractivity contribution in [1.82, 2.24) is 0 Å². The monoisotopic (exact) mass is 200 g/mol. The lowest BCUT2D eigenvalue weighted by molar-refractivity contribution is -0.0981. The number of ether oxygens (including phenoxy) is 1. The van der Waals surface area contributed by atoms with Gasteiger partial charge in [-0.3, -0.25) is 0 Å². The minimum absolute atomic E-state index is 0.180. The van der Waals surface area contributed by atoms with Crippen LogP contribution in [0.5, 0.6) is 17.2 Å². The van der Waals surface area contributed by atoms with E-state index in [9.17, 15) is 5.11 Å². The molecule has 5 heteroatoms. The summed E-state index contributed by atoms with van der Waals surface area (Å²) in [6, 6.07) is 2.24. The molecule has 0 amide bonds. The van der Waals surface area contributed by atoms with Gasteiger partial charge in [0, 0.05) is 12.2 Å². The molecule has 14 heavy (non-hydrogen) atoms. The molecule has 1 atom stereocenters. The van der Waals surface area contributed by atoms with E-state index in [4.69, 9.17) is 20.1 Å². The third-order valence-electron chi connectivity index (χ3n) is 1.70. The number of aromatic hydroxyl groups is 3. The zero-order chi connectivity index (χ0) is 10.7. The SMILES string of the molecule is CCOC(O)c1cc(O)c(O)c(O)c1. The summed E-state index contributed by atoms with van der Waals surface area (Å²) in [4.78, 5) is 0. The standard InChI is InChI=1S/C9H12O5/c1-2-14-9(13)5-3-6(10)8(12)7(11)4-5/h3-4,9-13H,2H2,1H3. The van der Waals surface area contributed by atoms with Crippen molar-refractivity contribution in [2.24, 2.45) is 0 Å². The fourth-order valence-corrected chi connectivity index (χ4v) is 1.02. The lowest BCUT2D eigenvalue weighted by Crippen LogP contribution is -2.02. The van der Waals surface area contributed by atoms with Gasteiger partial charge in [0.15, 0.2) is 23.5 Å². The van der Waals surface area contributed by atoms with Gasteiger partial charge in [-0.2, -0.15) is 0 Å². The molecule has 0 aliphatic carbocycles. The largest absolute Gasteiger partial charge is 0.504 e. The molecule has 0 aliphatic rings. The van der Waals surface area contributed by atoms with Crippen molar-refractivity contribution >= 4 is 0 Å². The first-order valence-corrected chi connectivity index (χ1v) is 4.10. The smallest absolute Gasteiger partial charge is 0.200 e. The van der Waals surface area contributed by atoms with Crippen LogP contribution in [0.15, 0.2) is 12.1 Å². The number of hydrogen-bond acceptors (Lipinski definition) is 5. The Hall–Kier alpha value is -1.46. The van der Waals surface area contributed by atoms with Crippen LogP contribution >= 0.6 is 0 Å². The predicted octanol–water partition coefficient (Wildman–Crippen LogP) is 0.831. The van der Waals surface area contributed by atoms with E-state index >= 15 is 0 Å². The summed E-state index contributed by atoms with van der Waals surface area (Å²) < 4.78 is 4.83. The van der Waals surface area contributed by atoms with Crippen LogP contribution < -0.4 is 0 Å². The van der Waals surface area contributed by atoms with Crippen LogP contribution in [-0.4, -0.2) is 27.0 Å². The van der Waals surface area contributed by atoms with Crippen LogP contribution in [0.4, 0.5) is 0 Å². The number of aliphatic hydroxyl groups excluding tert-OH is 1. The van der Waals surface area contributed by atoms with Gasteiger partial charge in [0.1, 0.15) is 0 Å². The summed E-state index contributed by atoms with van der Waals surface area (Å²) in [7, 11) is 0. The number of rotatable bonds is 3. The summed E-state index contributed by atoms with van der Waals surface area (Å²) >= 11 is 0. The summed E-state index contributed by atoms with van der Waals surface area (Å²) in [5.41, 5.74) is 0.180. The Balaban J connectivity index is 3.00. The quantitative estimate of drug-likeness (QED) is 0.428. The van der Waals surface area contributed by atoms with Crippen molar-refractivity contribution in [2.45, 2.75) is 13.2 Å². The van der Waals surface area contributed by atoms with Crippen molar-refractivity contribution in [3.8, 4) is 17.2 Å². The summed E-state index contributed by atoms with van der Waals surface area (Å²) in [5, 5.41) is 36.6. The first kappa shape index (κ1) is 10.6. The topological polar surface area (TPSA) is 90.2 Å². The molecule has 1 rings (SSSR count). The first-order valence-electron chi connectivity index (χ1n) is 4.10. The van der Waals surface area contributed by atoms with Gasteiger partial charge in [-0.15, -0.1) is 0 Å². The molecule has 5 nitrogen and oxygen atoms in total. The van der Waals surface area contributed by atoms with Gasteiger partial charge in [0.25, 0.3) is 0 Å². The van der Waals surface area contributed by atoms with Gasteiger partial charge in [-0.25, -0.2) is 0 Å². The zero-order valence-corrected chi connectivity index (χ0v) is 7.64. The highest BCUT2D eigenvalue weighted by atomic mass is 16.6. The molecule has 78 valence electrons. The third kappa shape index (κ3) is 2.07. The Kier molecular flexibility index (Phi) is 3.16.